The van der Waals surface area contributed by atoms with Gasteiger partial charge in [0.15, 0.2) is 0 Å². The zero-order valence-electron chi connectivity index (χ0n) is 13.4. The number of hydrogen-bond donors (Lipinski definition) is 3. The molecule has 6 nitrogen and oxygen atoms in total. The van der Waals surface area contributed by atoms with Gasteiger partial charge < -0.3 is 15.1 Å². The molecule has 122 valence electrons. The largest absolute Gasteiger partial charge is 0.441 e. The summed E-state index contributed by atoms with van der Waals surface area (Å²) in [5.74, 6) is 1.51. The minimum absolute atomic E-state index is 0.0277. The van der Waals surface area contributed by atoms with Crippen molar-refractivity contribution in [3.05, 3.63) is 47.4 Å². The van der Waals surface area contributed by atoms with Crippen LogP contribution in [0.4, 0.5) is 0 Å². The number of oxazole rings is 1. The zero-order chi connectivity index (χ0) is 16.3. The number of thioether (sulfide) groups is 1. The Balaban J connectivity index is 1.52. The van der Waals surface area contributed by atoms with E-state index in [0.717, 1.165) is 10.7 Å². The fraction of sp³-hybridized carbons (Fsp3) is 0.375. The molecule has 7 heteroatoms. The Morgan fingerprint density at radius 3 is 2.87 bits per heavy atom. The van der Waals surface area contributed by atoms with Gasteiger partial charge in [0.05, 0.1) is 6.20 Å². The van der Waals surface area contributed by atoms with Crippen LogP contribution in [0.15, 0.2) is 45.2 Å². The van der Waals surface area contributed by atoms with Crippen LogP contribution in [0.3, 0.4) is 0 Å². The first kappa shape index (κ1) is 15.9. The third-order valence-corrected chi connectivity index (χ3v) is 4.32. The van der Waals surface area contributed by atoms with Crippen molar-refractivity contribution in [2.24, 2.45) is 4.99 Å². The number of aromatic nitrogens is 1. The highest BCUT2D eigenvalue weighted by Gasteiger charge is 2.20. The normalized spacial score (nSPS) is 23.9. The smallest absolute Gasteiger partial charge is 0.218 e. The highest BCUT2D eigenvalue weighted by Crippen LogP contribution is 2.27. The molecule has 0 amide bonds. The molecule has 0 bridgehead atoms. The number of nitrogens with zero attached hydrogens (tertiary/aromatic N) is 2. The minimum atomic E-state index is -0.0277. The Bertz CT molecular complexity index is 668. The summed E-state index contributed by atoms with van der Waals surface area (Å²) in [6.07, 6.45) is 13.1. The van der Waals surface area contributed by atoms with Gasteiger partial charge >= 0.3 is 0 Å². The van der Waals surface area contributed by atoms with Gasteiger partial charge in [-0.25, -0.2) is 4.98 Å². The van der Waals surface area contributed by atoms with Crippen molar-refractivity contribution in [1.29, 1.82) is 0 Å². The van der Waals surface area contributed by atoms with E-state index in [2.05, 4.69) is 46.7 Å². The van der Waals surface area contributed by atoms with Crippen LogP contribution in [0.25, 0.3) is 6.08 Å². The molecule has 1 aromatic rings. The van der Waals surface area contributed by atoms with Gasteiger partial charge in [-0.1, -0.05) is 32.5 Å². The van der Waals surface area contributed by atoms with Crippen LogP contribution in [-0.2, 0) is 5.41 Å². The summed E-state index contributed by atoms with van der Waals surface area (Å²) in [4.78, 5) is 9.51. The molecule has 3 rings (SSSR count). The van der Waals surface area contributed by atoms with Crippen molar-refractivity contribution in [3.63, 3.8) is 0 Å². The number of aliphatic imine (C=N–C) groups is 1. The van der Waals surface area contributed by atoms with Crippen molar-refractivity contribution in [2.45, 2.75) is 37.8 Å². The maximum atomic E-state index is 5.75. The molecule has 3 heterocycles. The van der Waals surface area contributed by atoms with E-state index in [1.165, 1.54) is 0 Å². The molecule has 0 radical (unpaired) electrons. The Hall–Kier alpha value is -1.99. The molecule has 2 aliphatic rings. The van der Waals surface area contributed by atoms with E-state index in [1.54, 1.807) is 24.2 Å². The molecule has 0 spiro atoms. The molecule has 2 atom stereocenters. The molecular formula is C16H21N5OS. The predicted octanol–water partition coefficient (Wildman–Crippen LogP) is 2.51. The Morgan fingerprint density at radius 2 is 2.17 bits per heavy atom. The molecule has 2 aliphatic heterocycles. The van der Waals surface area contributed by atoms with Gasteiger partial charge in [0, 0.05) is 41.2 Å². The fourth-order valence-electron chi connectivity index (χ4n) is 2.02. The lowest BCUT2D eigenvalue weighted by Gasteiger charge is -2.21. The van der Waals surface area contributed by atoms with Gasteiger partial charge in [-0.3, -0.25) is 10.3 Å². The van der Waals surface area contributed by atoms with E-state index >= 15 is 0 Å². The highest BCUT2D eigenvalue weighted by atomic mass is 32.2. The van der Waals surface area contributed by atoms with E-state index in [9.17, 15) is 0 Å². The van der Waals surface area contributed by atoms with Crippen LogP contribution in [0, 0.1) is 0 Å². The first-order valence-corrected chi connectivity index (χ1v) is 8.36. The van der Waals surface area contributed by atoms with Crippen LogP contribution in [0.5, 0.6) is 0 Å². The SMILES string of the molecule is CC(C)(C)c1cnc(/C=C/C2=CNC(NC3C=NC=CN3)S2)o1. The molecule has 0 fully saturated rings. The van der Waals surface area contributed by atoms with Gasteiger partial charge in [0.2, 0.25) is 5.89 Å². The molecular weight excluding hydrogens is 310 g/mol. The third kappa shape index (κ3) is 4.27. The molecule has 0 aromatic carbocycles. The maximum absolute atomic E-state index is 5.75. The monoisotopic (exact) mass is 331 g/mol. The van der Waals surface area contributed by atoms with E-state index < -0.39 is 0 Å². The van der Waals surface area contributed by atoms with Crippen molar-refractivity contribution in [1.82, 2.24) is 20.9 Å². The third-order valence-electron chi connectivity index (χ3n) is 3.29. The van der Waals surface area contributed by atoms with Crippen LogP contribution < -0.4 is 16.0 Å². The van der Waals surface area contributed by atoms with Crippen molar-refractivity contribution in [3.8, 4) is 0 Å². The molecule has 0 aliphatic carbocycles. The number of nitrogens with one attached hydrogen (secondary N) is 3. The van der Waals surface area contributed by atoms with E-state index in [0.29, 0.717) is 5.89 Å². The summed E-state index contributed by atoms with van der Waals surface area (Å²) in [7, 11) is 0. The summed E-state index contributed by atoms with van der Waals surface area (Å²) in [6, 6.07) is 0. The quantitative estimate of drug-likeness (QED) is 0.787. The highest BCUT2D eigenvalue weighted by molar-refractivity contribution is 8.04. The molecule has 1 aromatic heterocycles. The lowest BCUT2D eigenvalue weighted by atomic mass is 9.94. The number of hydrogen-bond acceptors (Lipinski definition) is 7. The molecule has 0 saturated carbocycles. The van der Waals surface area contributed by atoms with Gasteiger partial charge in [0.1, 0.15) is 17.4 Å². The van der Waals surface area contributed by atoms with Crippen LogP contribution in [-0.4, -0.2) is 22.9 Å². The molecule has 23 heavy (non-hydrogen) atoms. The van der Waals surface area contributed by atoms with E-state index in [1.807, 2.05) is 30.8 Å². The van der Waals surface area contributed by atoms with E-state index in [-0.39, 0.29) is 17.1 Å². The van der Waals surface area contributed by atoms with Gasteiger partial charge in [-0.15, -0.1) is 0 Å². The standard InChI is InChI=1S/C16H21N5OS/c1-16(2,3)12-9-19-14(22-12)5-4-11-8-20-15(23-11)21-13-10-17-6-7-18-13/h4-10,13,15,18,20-21H,1-3H3/b5-4+. The van der Waals surface area contributed by atoms with Crippen LogP contribution >= 0.6 is 11.8 Å². The van der Waals surface area contributed by atoms with Crippen molar-refractivity contribution >= 4 is 24.1 Å². The van der Waals surface area contributed by atoms with Gasteiger partial charge in [-0.05, 0) is 6.08 Å². The first-order chi connectivity index (χ1) is 11.0. The summed E-state index contributed by atoms with van der Waals surface area (Å²) in [5, 5.41) is 9.84. The Labute approximate surface area is 140 Å². The number of allylic oxidation sites excluding steroid dienone is 1. The minimum Gasteiger partial charge on any atom is -0.441 e. The van der Waals surface area contributed by atoms with Crippen LogP contribution in [0.1, 0.15) is 32.4 Å². The topological polar surface area (TPSA) is 74.5 Å². The second-order valence-electron chi connectivity index (χ2n) is 6.28. The Morgan fingerprint density at radius 1 is 1.30 bits per heavy atom. The predicted molar refractivity (Wildman–Crippen MR) is 94.5 cm³/mol. The zero-order valence-corrected chi connectivity index (χ0v) is 14.2. The average Bonchev–Trinajstić information content (AvgIpc) is 3.15. The molecule has 3 N–H and O–H groups in total. The van der Waals surface area contributed by atoms with Crippen LogP contribution in [0.2, 0.25) is 0 Å². The van der Waals surface area contributed by atoms with Crippen molar-refractivity contribution < 1.29 is 4.42 Å². The second-order valence-corrected chi connectivity index (χ2v) is 7.46. The first-order valence-electron chi connectivity index (χ1n) is 7.48. The molecule has 0 saturated heterocycles. The lowest BCUT2D eigenvalue weighted by molar-refractivity contribution is 0.403. The summed E-state index contributed by atoms with van der Waals surface area (Å²) >= 11 is 1.69. The van der Waals surface area contributed by atoms with E-state index in [4.69, 9.17) is 4.42 Å². The van der Waals surface area contributed by atoms with Gasteiger partial charge in [-0.2, -0.15) is 0 Å². The van der Waals surface area contributed by atoms with Crippen molar-refractivity contribution in [2.75, 3.05) is 0 Å². The second kappa shape index (κ2) is 6.64. The molecule has 2 unspecified atom stereocenters. The number of rotatable bonds is 4. The fourth-order valence-corrected chi connectivity index (χ4v) is 2.92. The lowest BCUT2D eigenvalue weighted by Crippen LogP contribution is -2.49. The Kier molecular flexibility index (Phi) is 4.58. The maximum Gasteiger partial charge on any atom is 0.218 e. The van der Waals surface area contributed by atoms with Gasteiger partial charge in [0.25, 0.3) is 0 Å². The summed E-state index contributed by atoms with van der Waals surface area (Å²) in [6.45, 7) is 6.32. The average molecular weight is 331 g/mol. The summed E-state index contributed by atoms with van der Waals surface area (Å²) in [5.41, 5.74) is 0.0693. The summed E-state index contributed by atoms with van der Waals surface area (Å²) < 4.78 is 5.75.